The van der Waals surface area contributed by atoms with Crippen molar-refractivity contribution in [1.29, 1.82) is 0 Å². The second-order valence-electron chi connectivity index (χ2n) is 9.19. The molecule has 0 bridgehead atoms. The molecule has 1 aliphatic heterocycles. The fourth-order valence-corrected chi connectivity index (χ4v) is 8.33. The third-order valence-electron chi connectivity index (χ3n) is 6.51. The standard InChI is InChI=1S/C27H29N3O7S2/c31-24(30-34)16-27(13-4-5-14-39(27,35)36)23-12-11-22(38-23)20-9-6-10-21(15-20)29-25(32)18-37-26(33)28-17-19-7-2-1-3-8-19/h1-3,6-12,15,34H,4-5,13-14,16-18H2,(H,28,33)(H,29,32)(H,30,31)/t27-/m0/s1. The first-order chi connectivity index (χ1) is 18.7. The molecule has 3 aromatic rings. The number of hydroxylamine groups is 1. The van der Waals surface area contributed by atoms with Crippen molar-refractivity contribution >= 4 is 44.8 Å². The minimum Gasteiger partial charge on any atom is -0.439 e. The van der Waals surface area contributed by atoms with Crippen LogP contribution < -0.4 is 16.1 Å². The SMILES string of the molecule is O=C(C[C@]1(c2ccc(-c3cccc(NC(=O)COC(=O)NCc4ccccc4)c3)s2)CCCCS1(=O)=O)NO. The highest BCUT2D eigenvalue weighted by Crippen LogP contribution is 2.47. The maximum atomic E-state index is 13.2. The Balaban J connectivity index is 1.41. The Kier molecular flexibility index (Phi) is 9.00. The Labute approximate surface area is 230 Å². The van der Waals surface area contributed by atoms with Crippen LogP contribution >= 0.6 is 11.3 Å². The van der Waals surface area contributed by atoms with Crippen LogP contribution in [0.4, 0.5) is 10.5 Å². The lowest BCUT2D eigenvalue weighted by atomic mass is 9.94. The second-order valence-corrected chi connectivity index (χ2v) is 12.7. The molecule has 1 fully saturated rings. The number of hydrogen-bond acceptors (Lipinski definition) is 8. The molecule has 0 unspecified atom stereocenters. The number of hydrogen-bond donors (Lipinski definition) is 4. The molecule has 2 heterocycles. The topological polar surface area (TPSA) is 151 Å². The number of thiophene rings is 1. The molecule has 1 aliphatic rings. The molecule has 4 rings (SSSR count). The molecular weight excluding hydrogens is 542 g/mol. The number of rotatable bonds is 9. The Morgan fingerprint density at radius 2 is 1.77 bits per heavy atom. The maximum Gasteiger partial charge on any atom is 0.407 e. The van der Waals surface area contributed by atoms with Crippen molar-refractivity contribution in [3.8, 4) is 10.4 Å². The van der Waals surface area contributed by atoms with E-state index in [0.717, 1.165) is 16.0 Å². The second kappa shape index (κ2) is 12.4. The minimum atomic E-state index is -3.63. The van der Waals surface area contributed by atoms with Crippen molar-refractivity contribution < 1.29 is 32.7 Å². The lowest BCUT2D eigenvalue weighted by Crippen LogP contribution is -2.43. The van der Waals surface area contributed by atoms with Gasteiger partial charge < -0.3 is 15.4 Å². The molecule has 0 radical (unpaired) electrons. The molecule has 1 atom stereocenters. The number of anilines is 1. The first-order valence-corrected chi connectivity index (χ1v) is 14.8. The zero-order valence-corrected chi connectivity index (χ0v) is 22.6. The van der Waals surface area contributed by atoms with Crippen molar-refractivity contribution in [1.82, 2.24) is 10.8 Å². The van der Waals surface area contributed by atoms with Crippen LogP contribution in [0.15, 0.2) is 66.7 Å². The van der Waals surface area contributed by atoms with Crippen LogP contribution in [-0.4, -0.2) is 43.9 Å². The van der Waals surface area contributed by atoms with E-state index in [2.05, 4.69) is 10.6 Å². The molecule has 1 saturated heterocycles. The highest BCUT2D eigenvalue weighted by molar-refractivity contribution is 7.92. The van der Waals surface area contributed by atoms with Gasteiger partial charge in [0.2, 0.25) is 5.91 Å². The Morgan fingerprint density at radius 1 is 0.974 bits per heavy atom. The summed E-state index contributed by atoms with van der Waals surface area (Å²) in [5, 5.41) is 14.3. The van der Waals surface area contributed by atoms with Gasteiger partial charge in [0, 0.05) is 22.0 Å². The fraction of sp³-hybridized carbons (Fsp3) is 0.296. The van der Waals surface area contributed by atoms with Crippen LogP contribution in [0.3, 0.4) is 0 Å². The predicted molar refractivity (Wildman–Crippen MR) is 147 cm³/mol. The van der Waals surface area contributed by atoms with Gasteiger partial charge in [-0.2, -0.15) is 0 Å². The predicted octanol–water partition coefficient (Wildman–Crippen LogP) is 3.97. The van der Waals surface area contributed by atoms with E-state index >= 15 is 0 Å². The molecule has 0 saturated carbocycles. The lowest BCUT2D eigenvalue weighted by molar-refractivity contribution is -0.130. The molecule has 0 aliphatic carbocycles. The normalized spacial score (nSPS) is 18.1. The van der Waals surface area contributed by atoms with Gasteiger partial charge in [0.15, 0.2) is 16.4 Å². The molecule has 206 valence electrons. The summed E-state index contributed by atoms with van der Waals surface area (Å²) in [5.41, 5.74) is 3.67. The highest BCUT2D eigenvalue weighted by Gasteiger charge is 2.49. The number of ether oxygens (including phenoxy) is 1. The number of amides is 3. The monoisotopic (exact) mass is 571 g/mol. The van der Waals surface area contributed by atoms with E-state index in [1.54, 1.807) is 35.8 Å². The van der Waals surface area contributed by atoms with Crippen LogP contribution in [0.2, 0.25) is 0 Å². The molecule has 10 nitrogen and oxygen atoms in total. The van der Waals surface area contributed by atoms with Crippen LogP contribution in [0.25, 0.3) is 10.4 Å². The van der Waals surface area contributed by atoms with E-state index < -0.39 is 39.1 Å². The number of carbonyl (C=O) groups is 3. The summed E-state index contributed by atoms with van der Waals surface area (Å²) in [6.07, 6.45) is 0.399. The number of benzene rings is 2. The number of sulfone groups is 1. The molecule has 0 spiro atoms. The van der Waals surface area contributed by atoms with Gasteiger partial charge >= 0.3 is 6.09 Å². The highest BCUT2D eigenvalue weighted by atomic mass is 32.2. The Bertz CT molecular complexity index is 1440. The summed E-state index contributed by atoms with van der Waals surface area (Å²) in [6.45, 7) is -0.194. The smallest absolute Gasteiger partial charge is 0.407 e. The van der Waals surface area contributed by atoms with Crippen molar-refractivity contribution in [2.45, 2.75) is 37.0 Å². The van der Waals surface area contributed by atoms with E-state index in [-0.39, 0.29) is 25.1 Å². The first-order valence-electron chi connectivity index (χ1n) is 12.3. The van der Waals surface area contributed by atoms with Crippen molar-refractivity contribution in [3.05, 3.63) is 77.2 Å². The quantitative estimate of drug-likeness (QED) is 0.224. The average molecular weight is 572 g/mol. The van der Waals surface area contributed by atoms with E-state index in [1.165, 1.54) is 11.3 Å². The third-order valence-corrected chi connectivity index (χ3v) is 10.6. The van der Waals surface area contributed by atoms with E-state index in [0.29, 0.717) is 23.4 Å². The summed E-state index contributed by atoms with van der Waals surface area (Å²) in [4.78, 5) is 37.6. The molecule has 2 aromatic carbocycles. The van der Waals surface area contributed by atoms with Gasteiger partial charge in [-0.3, -0.25) is 14.8 Å². The number of carbonyl (C=O) groups excluding carboxylic acids is 3. The van der Waals surface area contributed by atoms with E-state index in [9.17, 15) is 22.8 Å². The van der Waals surface area contributed by atoms with Crippen LogP contribution in [0.5, 0.6) is 0 Å². The maximum absolute atomic E-state index is 13.2. The zero-order chi connectivity index (χ0) is 27.9. The molecule has 1 aromatic heterocycles. The van der Waals surface area contributed by atoms with Gasteiger partial charge in [-0.05, 0) is 48.2 Å². The van der Waals surface area contributed by atoms with Crippen molar-refractivity contribution in [2.24, 2.45) is 0 Å². The summed E-state index contributed by atoms with van der Waals surface area (Å²) in [7, 11) is -3.63. The molecule has 3 amide bonds. The van der Waals surface area contributed by atoms with Gasteiger partial charge in [-0.15, -0.1) is 11.3 Å². The summed E-state index contributed by atoms with van der Waals surface area (Å²) in [5.74, 6) is -1.29. The minimum absolute atomic E-state index is 0.0210. The van der Waals surface area contributed by atoms with Crippen molar-refractivity contribution in [3.63, 3.8) is 0 Å². The van der Waals surface area contributed by atoms with Crippen LogP contribution in [-0.2, 0) is 35.5 Å². The van der Waals surface area contributed by atoms with Crippen molar-refractivity contribution in [2.75, 3.05) is 17.7 Å². The molecule has 4 N–H and O–H groups in total. The first kappa shape index (κ1) is 28.3. The summed E-state index contributed by atoms with van der Waals surface area (Å²) >= 11 is 1.26. The van der Waals surface area contributed by atoms with E-state index in [4.69, 9.17) is 9.94 Å². The average Bonchev–Trinajstić information content (AvgIpc) is 3.43. The molecule has 12 heteroatoms. The van der Waals surface area contributed by atoms with Gasteiger partial charge in [-0.1, -0.05) is 48.9 Å². The van der Waals surface area contributed by atoms with Gasteiger partial charge in [-0.25, -0.2) is 18.7 Å². The third kappa shape index (κ3) is 6.83. The number of nitrogens with one attached hydrogen (secondary N) is 3. The Hall–Kier alpha value is -3.74. The number of alkyl carbamates (subject to hydrolysis) is 1. The molecular formula is C27H29N3O7S2. The Morgan fingerprint density at radius 3 is 2.51 bits per heavy atom. The van der Waals surface area contributed by atoms with Gasteiger partial charge in [0.25, 0.3) is 5.91 Å². The lowest BCUT2D eigenvalue weighted by Gasteiger charge is -2.35. The largest absolute Gasteiger partial charge is 0.439 e. The molecule has 39 heavy (non-hydrogen) atoms. The fourth-order valence-electron chi connectivity index (χ4n) is 4.55. The summed E-state index contributed by atoms with van der Waals surface area (Å²) in [6, 6.07) is 19.8. The van der Waals surface area contributed by atoms with Gasteiger partial charge in [0.1, 0.15) is 4.75 Å². The van der Waals surface area contributed by atoms with Gasteiger partial charge in [0.05, 0.1) is 12.2 Å². The summed E-state index contributed by atoms with van der Waals surface area (Å²) < 4.78 is 29.9. The van der Waals surface area contributed by atoms with E-state index in [1.807, 2.05) is 36.4 Å². The van der Waals surface area contributed by atoms with Crippen LogP contribution in [0, 0.1) is 0 Å². The zero-order valence-electron chi connectivity index (χ0n) is 21.0. The van der Waals surface area contributed by atoms with Crippen LogP contribution in [0.1, 0.15) is 36.1 Å².